The van der Waals surface area contributed by atoms with Crippen molar-refractivity contribution in [3.05, 3.63) is 83.3 Å². The Morgan fingerprint density at radius 2 is 1.68 bits per heavy atom. The van der Waals surface area contributed by atoms with Crippen LogP contribution in [0.15, 0.2) is 61.1 Å². The zero-order chi connectivity index (χ0) is 27.6. The van der Waals surface area contributed by atoms with Gasteiger partial charge < -0.3 is 5.32 Å². The molecule has 0 radical (unpaired) electrons. The van der Waals surface area contributed by atoms with Crippen molar-refractivity contribution in [1.82, 2.24) is 14.4 Å². The van der Waals surface area contributed by atoms with Gasteiger partial charge in [-0.05, 0) is 43.2 Å². The maximum atomic E-state index is 13.2. The van der Waals surface area contributed by atoms with Gasteiger partial charge in [-0.1, -0.05) is 71.2 Å². The average Bonchev–Trinajstić information content (AvgIpc) is 3.30. The minimum Gasteiger partial charge on any atom is -0.322 e. The van der Waals surface area contributed by atoms with Crippen LogP contribution in [0.3, 0.4) is 0 Å². The van der Waals surface area contributed by atoms with E-state index in [1.807, 2.05) is 39.2 Å². The highest BCUT2D eigenvalue weighted by molar-refractivity contribution is 6.06. The molecule has 0 spiro atoms. The Kier molecular flexibility index (Phi) is 10.8. The summed E-state index contributed by atoms with van der Waals surface area (Å²) in [4.78, 5) is 21.4. The summed E-state index contributed by atoms with van der Waals surface area (Å²) in [5, 5.41) is 2.60. The number of imidazole rings is 1. The van der Waals surface area contributed by atoms with E-state index >= 15 is 0 Å². The van der Waals surface area contributed by atoms with Crippen molar-refractivity contribution < 1.29 is 18.0 Å². The number of alkyl halides is 3. The van der Waals surface area contributed by atoms with Gasteiger partial charge in [0.15, 0.2) is 0 Å². The van der Waals surface area contributed by atoms with Gasteiger partial charge in [0.1, 0.15) is 0 Å². The fourth-order valence-corrected chi connectivity index (χ4v) is 3.51. The second kappa shape index (κ2) is 13.6. The van der Waals surface area contributed by atoms with Gasteiger partial charge in [-0.3, -0.25) is 9.20 Å². The molecule has 2 aromatic heterocycles. The van der Waals surface area contributed by atoms with E-state index in [0.29, 0.717) is 28.3 Å². The van der Waals surface area contributed by atoms with Crippen LogP contribution in [0.25, 0.3) is 17.0 Å². The van der Waals surface area contributed by atoms with Crippen LogP contribution in [-0.4, -0.2) is 20.3 Å². The van der Waals surface area contributed by atoms with E-state index in [0.717, 1.165) is 17.7 Å². The Bertz CT molecular complexity index is 1310. The SMILES string of the molecule is CC.CCCCC.Cc1cnc2nc(-c3ccc(C)c(NC(=O)c4ccccc4C(F)(F)F)c3)cn2c1. The van der Waals surface area contributed by atoms with Crippen LogP contribution in [0.2, 0.25) is 0 Å². The maximum absolute atomic E-state index is 13.2. The quantitative estimate of drug-likeness (QED) is 0.292. The fourth-order valence-electron chi connectivity index (χ4n) is 3.51. The van der Waals surface area contributed by atoms with E-state index in [-0.39, 0.29) is 0 Å². The van der Waals surface area contributed by atoms with Crippen molar-refractivity contribution in [3.8, 4) is 11.3 Å². The lowest BCUT2D eigenvalue weighted by Crippen LogP contribution is -2.19. The number of unbranched alkanes of at least 4 members (excludes halogenated alkanes) is 2. The third kappa shape index (κ3) is 7.90. The fraction of sp³-hybridized carbons (Fsp3) is 0.345. The van der Waals surface area contributed by atoms with E-state index in [2.05, 4.69) is 29.1 Å². The number of nitrogens with zero attached hydrogens (tertiary/aromatic N) is 3. The van der Waals surface area contributed by atoms with Crippen LogP contribution < -0.4 is 5.32 Å². The molecule has 5 nitrogen and oxygen atoms in total. The van der Waals surface area contributed by atoms with Gasteiger partial charge in [-0.15, -0.1) is 0 Å². The molecule has 0 unspecified atom stereocenters. The topological polar surface area (TPSA) is 59.3 Å². The molecule has 1 N–H and O–H groups in total. The standard InChI is InChI=1S/C22H17F3N4O.C5H12.C2H6/c1-13-10-26-21-28-19(12-29(21)11-13)15-8-7-14(2)18(9-15)27-20(30)16-5-3-4-6-17(16)22(23,24)25;1-3-5-4-2;1-2/h3-12H,1-2H3,(H,27,30);3-5H2,1-2H3;1-2H3. The summed E-state index contributed by atoms with van der Waals surface area (Å²) in [6, 6.07) is 10.0. The molecular weight excluding hydrogens is 477 g/mol. The number of fused-ring (bicyclic) bond motifs is 1. The highest BCUT2D eigenvalue weighted by atomic mass is 19.4. The van der Waals surface area contributed by atoms with E-state index in [4.69, 9.17) is 0 Å². The molecule has 4 aromatic rings. The monoisotopic (exact) mass is 512 g/mol. The Hall–Kier alpha value is -3.68. The van der Waals surface area contributed by atoms with Crippen LogP contribution in [0.5, 0.6) is 0 Å². The van der Waals surface area contributed by atoms with Gasteiger partial charge in [0, 0.05) is 29.8 Å². The van der Waals surface area contributed by atoms with Crippen LogP contribution in [0.4, 0.5) is 18.9 Å². The first-order valence-corrected chi connectivity index (χ1v) is 12.5. The highest BCUT2D eigenvalue weighted by Crippen LogP contribution is 2.32. The van der Waals surface area contributed by atoms with Crippen molar-refractivity contribution in [3.63, 3.8) is 0 Å². The smallest absolute Gasteiger partial charge is 0.322 e. The van der Waals surface area contributed by atoms with E-state index in [1.54, 1.807) is 29.7 Å². The molecule has 0 aliphatic heterocycles. The Morgan fingerprint density at radius 1 is 1.00 bits per heavy atom. The second-order valence-electron chi connectivity index (χ2n) is 8.35. The van der Waals surface area contributed by atoms with Crippen LogP contribution in [0, 0.1) is 13.8 Å². The molecule has 8 heteroatoms. The minimum absolute atomic E-state index is 0.413. The molecule has 0 saturated carbocycles. The van der Waals surface area contributed by atoms with Gasteiger partial charge in [0.05, 0.1) is 16.8 Å². The second-order valence-corrected chi connectivity index (χ2v) is 8.35. The van der Waals surface area contributed by atoms with Crippen molar-refractivity contribution >= 4 is 17.4 Å². The molecule has 0 atom stereocenters. The number of aromatic nitrogens is 3. The molecule has 2 aromatic carbocycles. The summed E-state index contributed by atoms with van der Waals surface area (Å²) >= 11 is 0. The molecule has 0 aliphatic rings. The number of nitrogens with one attached hydrogen (secondary N) is 1. The molecule has 0 saturated heterocycles. The normalized spacial score (nSPS) is 10.7. The number of carbonyl (C=O) groups excluding carboxylic acids is 1. The Balaban J connectivity index is 0.000000617. The number of hydrogen-bond donors (Lipinski definition) is 1. The van der Waals surface area contributed by atoms with Crippen LogP contribution in [0.1, 0.15) is 74.0 Å². The number of carbonyl (C=O) groups is 1. The van der Waals surface area contributed by atoms with Gasteiger partial charge in [0.2, 0.25) is 5.78 Å². The summed E-state index contributed by atoms with van der Waals surface area (Å²) in [6.45, 7) is 12.1. The first-order valence-electron chi connectivity index (χ1n) is 12.5. The summed E-state index contributed by atoms with van der Waals surface area (Å²) < 4.78 is 41.5. The molecule has 4 rings (SSSR count). The number of benzene rings is 2. The van der Waals surface area contributed by atoms with Gasteiger partial charge in [-0.25, -0.2) is 9.97 Å². The summed E-state index contributed by atoms with van der Waals surface area (Å²) in [5.41, 5.74) is 2.05. The highest BCUT2D eigenvalue weighted by Gasteiger charge is 2.34. The van der Waals surface area contributed by atoms with Gasteiger partial charge in [-0.2, -0.15) is 13.2 Å². The Labute approximate surface area is 216 Å². The van der Waals surface area contributed by atoms with Crippen molar-refractivity contribution in [2.75, 3.05) is 5.32 Å². The maximum Gasteiger partial charge on any atom is 0.417 e. The summed E-state index contributed by atoms with van der Waals surface area (Å²) in [5.74, 6) is -0.295. The number of aryl methyl sites for hydroxylation is 2. The van der Waals surface area contributed by atoms with Crippen molar-refractivity contribution in [2.45, 2.75) is 67.0 Å². The Morgan fingerprint density at radius 3 is 2.30 bits per heavy atom. The zero-order valence-electron chi connectivity index (χ0n) is 22.3. The summed E-state index contributed by atoms with van der Waals surface area (Å²) in [6.07, 6.45) is 4.87. The largest absolute Gasteiger partial charge is 0.417 e. The van der Waals surface area contributed by atoms with E-state index in [9.17, 15) is 18.0 Å². The van der Waals surface area contributed by atoms with Gasteiger partial charge >= 0.3 is 6.18 Å². The molecule has 0 fully saturated rings. The van der Waals surface area contributed by atoms with Gasteiger partial charge in [0.25, 0.3) is 5.91 Å². The number of hydrogen-bond acceptors (Lipinski definition) is 3. The number of halogens is 3. The lowest BCUT2D eigenvalue weighted by molar-refractivity contribution is -0.137. The van der Waals surface area contributed by atoms with Crippen LogP contribution >= 0.6 is 0 Å². The third-order valence-corrected chi connectivity index (χ3v) is 5.40. The van der Waals surface area contributed by atoms with E-state index in [1.165, 1.54) is 31.4 Å². The summed E-state index contributed by atoms with van der Waals surface area (Å²) in [7, 11) is 0. The van der Waals surface area contributed by atoms with Crippen LogP contribution in [-0.2, 0) is 6.18 Å². The zero-order valence-corrected chi connectivity index (χ0v) is 22.3. The molecule has 0 aliphatic carbocycles. The minimum atomic E-state index is -4.62. The molecule has 198 valence electrons. The lowest BCUT2D eigenvalue weighted by atomic mass is 10.0. The molecule has 37 heavy (non-hydrogen) atoms. The average molecular weight is 513 g/mol. The predicted molar refractivity (Wildman–Crippen MR) is 144 cm³/mol. The molecule has 0 bridgehead atoms. The number of rotatable bonds is 5. The third-order valence-electron chi connectivity index (χ3n) is 5.40. The lowest BCUT2D eigenvalue weighted by Gasteiger charge is -2.14. The predicted octanol–water partition coefficient (Wildman–Crippen LogP) is 8.51. The van der Waals surface area contributed by atoms with Crippen molar-refractivity contribution in [2.24, 2.45) is 0 Å². The number of amides is 1. The molecule has 2 heterocycles. The molecule has 1 amide bonds. The number of anilines is 1. The first kappa shape index (κ1) is 29.5. The van der Waals surface area contributed by atoms with E-state index < -0.39 is 23.2 Å². The van der Waals surface area contributed by atoms with Crippen molar-refractivity contribution in [1.29, 1.82) is 0 Å². The molecular formula is C29H35F3N4O. The first-order chi connectivity index (χ1) is 17.6.